The summed E-state index contributed by atoms with van der Waals surface area (Å²) in [5.74, 6) is 0.826. The van der Waals surface area contributed by atoms with Crippen LogP contribution in [0.2, 0.25) is 0 Å². The molecule has 0 aliphatic carbocycles. The van der Waals surface area contributed by atoms with E-state index in [9.17, 15) is 4.79 Å². The van der Waals surface area contributed by atoms with Gasteiger partial charge in [-0.15, -0.1) is 13.2 Å². The summed E-state index contributed by atoms with van der Waals surface area (Å²) in [4.78, 5) is 15.3. The zero-order chi connectivity index (χ0) is 18.7. The van der Waals surface area contributed by atoms with Crippen molar-refractivity contribution in [2.45, 2.75) is 24.9 Å². The summed E-state index contributed by atoms with van der Waals surface area (Å²) < 4.78 is 6.28. The van der Waals surface area contributed by atoms with Crippen LogP contribution in [0.3, 0.4) is 0 Å². The predicted octanol–water partition coefficient (Wildman–Crippen LogP) is 5.85. The summed E-state index contributed by atoms with van der Waals surface area (Å²) in [6, 6.07) is 13.7. The topological polar surface area (TPSA) is 29.5 Å². The van der Waals surface area contributed by atoms with Crippen LogP contribution in [0.1, 0.15) is 46.4 Å². The van der Waals surface area contributed by atoms with Gasteiger partial charge >= 0.3 is 0 Å². The van der Waals surface area contributed by atoms with Crippen molar-refractivity contribution < 1.29 is 9.53 Å². The van der Waals surface area contributed by atoms with Crippen LogP contribution in [-0.4, -0.2) is 17.9 Å². The summed E-state index contributed by atoms with van der Waals surface area (Å²) in [6.45, 7) is 7.79. The molecule has 0 radical (unpaired) electrons. The molecule has 2 aromatic carbocycles. The molecular weight excluding hydrogens is 390 g/mol. The molecule has 26 heavy (non-hydrogen) atoms. The first-order valence-corrected chi connectivity index (χ1v) is 9.37. The number of amides is 1. The molecule has 134 valence electrons. The molecule has 1 aliphatic rings. The minimum atomic E-state index is -0.105. The van der Waals surface area contributed by atoms with Crippen LogP contribution < -0.4 is 4.74 Å². The molecular formula is C22H22BrNO2. The van der Waals surface area contributed by atoms with Crippen molar-refractivity contribution in [2.24, 2.45) is 0 Å². The fraction of sp³-hybridized carbons (Fsp3) is 0.227. The Kier molecular flexibility index (Phi) is 5.62. The smallest absolute Gasteiger partial charge is 0.255 e. The van der Waals surface area contributed by atoms with Gasteiger partial charge in [-0.05, 0) is 48.2 Å². The van der Waals surface area contributed by atoms with Gasteiger partial charge < -0.3 is 9.64 Å². The Hall–Kier alpha value is -2.33. The van der Waals surface area contributed by atoms with Gasteiger partial charge in [0.25, 0.3) is 5.91 Å². The van der Waals surface area contributed by atoms with Crippen LogP contribution in [0.5, 0.6) is 5.75 Å². The first-order valence-electron chi connectivity index (χ1n) is 8.58. The van der Waals surface area contributed by atoms with E-state index in [1.165, 1.54) is 0 Å². The van der Waals surface area contributed by atoms with E-state index < -0.39 is 0 Å². The van der Waals surface area contributed by atoms with Crippen molar-refractivity contribution in [1.82, 2.24) is 4.90 Å². The van der Waals surface area contributed by atoms with Crippen LogP contribution >= 0.6 is 15.9 Å². The maximum Gasteiger partial charge on any atom is 0.255 e. The zero-order valence-corrected chi connectivity index (χ0v) is 16.4. The lowest BCUT2D eigenvalue weighted by Crippen LogP contribution is -2.32. The maximum atomic E-state index is 13.3. The highest BCUT2D eigenvalue weighted by molar-refractivity contribution is 9.10. The van der Waals surface area contributed by atoms with Crippen LogP contribution in [0.4, 0.5) is 0 Å². The third kappa shape index (κ3) is 3.34. The van der Waals surface area contributed by atoms with Crippen molar-refractivity contribution in [3.05, 3.63) is 88.9 Å². The molecule has 0 saturated carbocycles. The molecule has 0 fully saturated rings. The highest BCUT2D eigenvalue weighted by Gasteiger charge is 2.40. The van der Waals surface area contributed by atoms with E-state index >= 15 is 0 Å². The molecule has 3 nitrogen and oxygen atoms in total. The van der Waals surface area contributed by atoms with E-state index in [-0.39, 0.29) is 18.0 Å². The van der Waals surface area contributed by atoms with Gasteiger partial charge in [-0.2, -0.15) is 0 Å². The molecule has 4 heteroatoms. The van der Waals surface area contributed by atoms with Gasteiger partial charge in [0.2, 0.25) is 0 Å². The standard InChI is InChI=1S/C22H22BrNO2/c1-4-7-20(15-9-6-10-17(13-15)26-3)24-21(8-5-2)18-12-11-16(23)14-19(18)22(24)25/h4-6,9-14,20-21H,1-2,7-8H2,3H3. The minimum Gasteiger partial charge on any atom is -0.497 e. The third-order valence-electron chi connectivity index (χ3n) is 4.77. The van der Waals surface area contributed by atoms with E-state index in [1.54, 1.807) is 7.11 Å². The molecule has 0 aromatic heterocycles. The molecule has 2 atom stereocenters. The number of halogens is 1. The first kappa shape index (κ1) is 18.5. The van der Waals surface area contributed by atoms with Gasteiger partial charge in [0, 0.05) is 10.0 Å². The highest BCUT2D eigenvalue weighted by Crippen LogP contribution is 2.44. The van der Waals surface area contributed by atoms with E-state index in [1.807, 2.05) is 59.5 Å². The molecule has 0 bridgehead atoms. The largest absolute Gasteiger partial charge is 0.497 e. The Morgan fingerprint density at radius 1 is 1.23 bits per heavy atom. The molecule has 1 aliphatic heterocycles. The molecule has 0 N–H and O–H groups in total. The van der Waals surface area contributed by atoms with Gasteiger partial charge in [0.05, 0.1) is 19.2 Å². The summed E-state index contributed by atoms with van der Waals surface area (Å²) in [5.41, 5.74) is 2.84. The van der Waals surface area contributed by atoms with Crippen molar-refractivity contribution in [3.63, 3.8) is 0 Å². The number of rotatable bonds is 7. The Morgan fingerprint density at radius 2 is 2.04 bits per heavy atom. The van der Waals surface area contributed by atoms with Gasteiger partial charge in [-0.3, -0.25) is 4.79 Å². The van der Waals surface area contributed by atoms with Gasteiger partial charge in [0.1, 0.15) is 5.75 Å². The molecule has 1 heterocycles. The monoisotopic (exact) mass is 411 g/mol. The summed E-state index contributed by atoms with van der Waals surface area (Å²) in [6.07, 6.45) is 5.11. The lowest BCUT2D eigenvalue weighted by molar-refractivity contribution is 0.0627. The van der Waals surface area contributed by atoms with Crippen LogP contribution in [0.15, 0.2) is 72.2 Å². The second-order valence-corrected chi connectivity index (χ2v) is 7.22. The van der Waals surface area contributed by atoms with E-state index in [0.717, 1.165) is 26.9 Å². The Balaban J connectivity index is 2.09. The highest BCUT2D eigenvalue weighted by atomic mass is 79.9. The molecule has 0 saturated heterocycles. The number of ether oxygens (including phenoxy) is 1. The van der Waals surface area contributed by atoms with Crippen LogP contribution in [0.25, 0.3) is 0 Å². The summed E-state index contributed by atoms with van der Waals surface area (Å²) >= 11 is 3.48. The first-order chi connectivity index (χ1) is 12.6. The molecule has 1 amide bonds. The van der Waals surface area contributed by atoms with Gasteiger partial charge in [-0.25, -0.2) is 0 Å². The van der Waals surface area contributed by atoms with Crippen LogP contribution in [-0.2, 0) is 0 Å². The third-order valence-corrected chi connectivity index (χ3v) is 5.26. The lowest BCUT2D eigenvalue weighted by Gasteiger charge is -2.33. The fourth-order valence-electron chi connectivity index (χ4n) is 3.61. The molecule has 3 rings (SSSR count). The summed E-state index contributed by atoms with van der Waals surface area (Å²) in [7, 11) is 1.65. The number of carbonyl (C=O) groups is 1. The second kappa shape index (κ2) is 7.92. The minimum absolute atomic E-state index is 0.0285. The Morgan fingerprint density at radius 3 is 2.73 bits per heavy atom. The maximum absolute atomic E-state index is 13.3. The number of hydrogen-bond acceptors (Lipinski definition) is 2. The quantitative estimate of drug-likeness (QED) is 0.534. The zero-order valence-electron chi connectivity index (χ0n) is 14.8. The van der Waals surface area contributed by atoms with Crippen LogP contribution in [0, 0.1) is 0 Å². The average Bonchev–Trinajstić information content (AvgIpc) is 2.92. The number of fused-ring (bicyclic) bond motifs is 1. The average molecular weight is 412 g/mol. The Bertz CT molecular complexity index is 846. The Labute approximate surface area is 163 Å². The molecule has 2 aromatic rings. The molecule has 2 unspecified atom stereocenters. The normalized spacial score (nSPS) is 16.9. The van der Waals surface area contributed by atoms with Crippen molar-refractivity contribution >= 4 is 21.8 Å². The number of nitrogens with zero attached hydrogens (tertiary/aromatic N) is 1. The number of methoxy groups -OCH3 is 1. The van der Waals surface area contributed by atoms with Gasteiger partial charge in [0.15, 0.2) is 0 Å². The van der Waals surface area contributed by atoms with E-state index in [4.69, 9.17) is 4.74 Å². The molecule has 0 spiro atoms. The van der Waals surface area contributed by atoms with E-state index in [2.05, 4.69) is 29.1 Å². The van der Waals surface area contributed by atoms with Crippen molar-refractivity contribution in [1.29, 1.82) is 0 Å². The predicted molar refractivity (Wildman–Crippen MR) is 108 cm³/mol. The van der Waals surface area contributed by atoms with E-state index in [0.29, 0.717) is 12.8 Å². The number of hydrogen-bond donors (Lipinski definition) is 0. The van der Waals surface area contributed by atoms with Gasteiger partial charge in [-0.1, -0.05) is 46.3 Å². The summed E-state index contributed by atoms with van der Waals surface area (Å²) in [5, 5.41) is 0. The second-order valence-electron chi connectivity index (χ2n) is 6.30. The lowest BCUT2D eigenvalue weighted by atomic mass is 9.98. The number of carbonyl (C=O) groups excluding carboxylic acids is 1. The van der Waals surface area contributed by atoms with Crippen molar-refractivity contribution in [3.8, 4) is 5.75 Å². The van der Waals surface area contributed by atoms with Crippen molar-refractivity contribution in [2.75, 3.05) is 7.11 Å². The number of benzene rings is 2. The fourth-order valence-corrected chi connectivity index (χ4v) is 3.97. The SMILES string of the molecule is C=CCC(c1cccc(OC)c1)N1C(=O)c2cc(Br)ccc2C1CC=C.